The Kier molecular flexibility index (Phi) is 12.4. The minimum absolute atomic E-state index is 0.134. The summed E-state index contributed by atoms with van der Waals surface area (Å²) in [5.74, 6) is 0.492. The molecule has 0 atom stereocenters. The van der Waals surface area contributed by atoms with Crippen LogP contribution < -0.4 is 9.80 Å². The van der Waals surface area contributed by atoms with Crippen LogP contribution in [0.25, 0.3) is 0 Å². The average molecular weight is 493 g/mol. The number of benzene rings is 2. The Morgan fingerprint density at radius 2 is 1.35 bits per heavy atom. The van der Waals surface area contributed by atoms with Crippen molar-refractivity contribution in [2.45, 2.75) is 33.6 Å². The lowest BCUT2D eigenvalue weighted by Crippen LogP contribution is -2.42. The minimum Gasteiger partial charge on any atom is -0.296 e. The van der Waals surface area contributed by atoms with E-state index >= 15 is 0 Å². The lowest BCUT2D eigenvalue weighted by Gasteiger charge is -2.27. The monoisotopic (exact) mass is 492 g/mol. The van der Waals surface area contributed by atoms with E-state index in [0.29, 0.717) is 24.0 Å². The van der Waals surface area contributed by atoms with Gasteiger partial charge in [0.05, 0.1) is 14.2 Å². The molecular formula is C25H37ClN4O4. The van der Waals surface area contributed by atoms with E-state index in [1.54, 1.807) is 43.3 Å². The molecule has 0 fully saturated rings. The highest BCUT2D eigenvalue weighted by molar-refractivity contribution is 6.30. The van der Waals surface area contributed by atoms with Crippen molar-refractivity contribution in [3.05, 3.63) is 59.1 Å². The second-order valence-corrected chi connectivity index (χ2v) is 8.08. The van der Waals surface area contributed by atoms with Crippen LogP contribution in [0.15, 0.2) is 48.5 Å². The summed E-state index contributed by atoms with van der Waals surface area (Å²) in [5, 5.41) is 3.13. The van der Waals surface area contributed by atoms with Crippen molar-refractivity contribution in [3.63, 3.8) is 0 Å². The molecule has 2 aromatic rings. The number of nitrogens with zero attached hydrogens (tertiary/aromatic N) is 4. The molecule has 0 aromatic heterocycles. The first-order chi connectivity index (χ1) is 16.1. The number of anilines is 2. The molecule has 0 aliphatic rings. The summed E-state index contributed by atoms with van der Waals surface area (Å²) < 4.78 is 0. The molecule has 4 amide bonds. The lowest BCUT2D eigenvalue weighted by molar-refractivity contribution is -0.0797. The third-order valence-electron chi connectivity index (χ3n) is 5.18. The molecule has 9 heteroatoms. The maximum atomic E-state index is 12.3. The van der Waals surface area contributed by atoms with Crippen LogP contribution in [0.5, 0.6) is 0 Å². The smallest absolute Gasteiger partial charge is 0.296 e. The maximum absolute atomic E-state index is 12.3. The van der Waals surface area contributed by atoms with Crippen LogP contribution in [-0.4, -0.2) is 63.6 Å². The summed E-state index contributed by atoms with van der Waals surface area (Å²) in [7, 11) is 6.17. The Morgan fingerprint density at radius 3 is 1.76 bits per heavy atom. The number of carbonyl (C=O) groups excluding carboxylic acids is 2. The van der Waals surface area contributed by atoms with Crippen molar-refractivity contribution in [2.24, 2.45) is 0 Å². The van der Waals surface area contributed by atoms with Crippen molar-refractivity contribution in [1.29, 1.82) is 0 Å². The molecule has 0 radical (unpaired) electrons. The van der Waals surface area contributed by atoms with E-state index in [0.717, 1.165) is 16.4 Å². The highest BCUT2D eigenvalue weighted by Crippen LogP contribution is 2.21. The number of hydrogen-bond acceptors (Lipinski definition) is 4. The number of hydroxylamine groups is 4. The van der Waals surface area contributed by atoms with Crippen LogP contribution >= 0.6 is 11.6 Å². The molecule has 2 aromatic carbocycles. The molecule has 0 aliphatic carbocycles. The fourth-order valence-corrected chi connectivity index (χ4v) is 3.13. The molecule has 0 N–H and O–H groups in total. The number of amides is 4. The fourth-order valence-electron chi connectivity index (χ4n) is 3.01. The van der Waals surface area contributed by atoms with Gasteiger partial charge < -0.3 is 0 Å². The van der Waals surface area contributed by atoms with E-state index in [4.69, 9.17) is 21.3 Å². The summed E-state index contributed by atoms with van der Waals surface area (Å²) in [6.07, 6.45) is 0. The first kappa shape index (κ1) is 29.2. The molecule has 0 aliphatic heterocycles. The number of urea groups is 2. The van der Waals surface area contributed by atoms with Crippen LogP contribution in [0.1, 0.15) is 39.2 Å². The van der Waals surface area contributed by atoms with Gasteiger partial charge in [-0.25, -0.2) is 19.7 Å². The Morgan fingerprint density at radius 1 is 0.824 bits per heavy atom. The predicted octanol–water partition coefficient (Wildman–Crippen LogP) is 6.03. The first-order valence-electron chi connectivity index (χ1n) is 11.1. The summed E-state index contributed by atoms with van der Waals surface area (Å²) in [6, 6.07) is 14.7. The zero-order valence-electron chi connectivity index (χ0n) is 21.4. The first-order valence-corrected chi connectivity index (χ1v) is 11.5. The molecule has 34 heavy (non-hydrogen) atoms. The highest BCUT2D eigenvalue weighted by Gasteiger charge is 2.20. The van der Waals surface area contributed by atoms with Gasteiger partial charge in [0.15, 0.2) is 0 Å². The van der Waals surface area contributed by atoms with Gasteiger partial charge in [0.25, 0.3) is 0 Å². The molecule has 188 valence electrons. The van der Waals surface area contributed by atoms with E-state index in [9.17, 15) is 9.59 Å². The second kappa shape index (κ2) is 14.5. The van der Waals surface area contributed by atoms with Gasteiger partial charge in [-0.3, -0.25) is 19.5 Å². The molecule has 0 spiro atoms. The van der Waals surface area contributed by atoms with E-state index < -0.39 is 0 Å². The van der Waals surface area contributed by atoms with Crippen LogP contribution in [0.3, 0.4) is 0 Å². The normalized spacial score (nSPS) is 10.3. The standard InChI is InChI=1S/C15H24N2O2.C10H13ClN2O2/c1-6-16(15(18)17(7-2)19-5)14-10-8-13(9-11-14)12(3)4;1-12(10(14)13(2)15-3)9-6-4-8(11)5-7-9/h8-12H,6-7H2,1-5H3;4-7H,1-3H3. The highest BCUT2D eigenvalue weighted by atomic mass is 35.5. The van der Waals surface area contributed by atoms with Crippen molar-refractivity contribution in [2.75, 3.05) is 51.2 Å². The van der Waals surface area contributed by atoms with E-state index in [1.165, 1.54) is 29.7 Å². The molecule has 0 saturated carbocycles. The maximum Gasteiger partial charge on any atom is 0.348 e. The fraction of sp³-hybridized carbons (Fsp3) is 0.440. The largest absolute Gasteiger partial charge is 0.348 e. The molecule has 0 heterocycles. The third kappa shape index (κ3) is 8.20. The SMILES string of the molecule is CCN(OC)C(=O)N(CC)c1ccc(C(C)C)cc1.CON(C)C(=O)N(C)c1ccc(Cl)cc1. The van der Waals surface area contributed by atoms with Gasteiger partial charge in [0.1, 0.15) is 0 Å². The van der Waals surface area contributed by atoms with Crippen LogP contribution in [0.2, 0.25) is 5.02 Å². The summed E-state index contributed by atoms with van der Waals surface area (Å²) >= 11 is 5.75. The van der Waals surface area contributed by atoms with Crippen LogP contribution in [0, 0.1) is 0 Å². The summed E-state index contributed by atoms with van der Waals surface area (Å²) in [4.78, 5) is 37.0. The van der Waals surface area contributed by atoms with E-state index in [-0.39, 0.29) is 12.1 Å². The molecule has 2 rings (SSSR count). The van der Waals surface area contributed by atoms with Gasteiger partial charge in [0.2, 0.25) is 0 Å². The van der Waals surface area contributed by atoms with Crippen LogP contribution in [0.4, 0.5) is 21.0 Å². The van der Waals surface area contributed by atoms with Crippen LogP contribution in [-0.2, 0) is 9.68 Å². The van der Waals surface area contributed by atoms with Gasteiger partial charge in [0, 0.05) is 43.6 Å². The molecule has 0 unspecified atom stereocenters. The Bertz CT molecular complexity index is 887. The van der Waals surface area contributed by atoms with Crippen molar-refractivity contribution < 1.29 is 19.3 Å². The van der Waals surface area contributed by atoms with Crippen molar-refractivity contribution in [1.82, 2.24) is 10.1 Å². The van der Waals surface area contributed by atoms with Gasteiger partial charge >= 0.3 is 12.1 Å². The molecule has 0 saturated heterocycles. The predicted molar refractivity (Wildman–Crippen MR) is 138 cm³/mol. The molecular weight excluding hydrogens is 456 g/mol. The van der Waals surface area contributed by atoms with Gasteiger partial charge in [-0.15, -0.1) is 0 Å². The number of hydrogen-bond donors (Lipinski definition) is 0. The lowest BCUT2D eigenvalue weighted by atomic mass is 10.0. The second-order valence-electron chi connectivity index (χ2n) is 7.65. The van der Waals surface area contributed by atoms with E-state index in [1.807, 2.05) is 26.0 Å². The number of halogens is 1. The topological polar surface area (TPSA) is 65.6 Å². The summed E-state index contributed by atoms with van der Waals surface area (Å²) in [6.45, 7) is 9.29. The summed E-state index contributed by atoms with van der Waals surface area (Å²) in [5.41, 5.74) is 2.92. The minimum atomic E-state index is -0.250. The van der Waals surface area contributed by atoms with Gasteiger partial charge in [-0.2, -0.15) is 0 Å². The van der Waals surface area contributed by atoms with Crippen molar-refractivity contribution >= 4 is 35.0 Å². The van der Waals surface area contributed by atoms with Gasteiger partial charge in [-0.1, -0.05) is 37.6 Å². The van der Waals surface area contributed by atoms with E-state index in [2.05, 4.69) is 26.0 Å². The number of carbonyl (C=O) groups is 2. The number of rotatable bonds is 7. The van der Waals surface area contributed by atoms with Crippen molar-refractivity contribution in [3.8, 4) is 0 Å². The molecule has 0 bridgehead atoms. The zero-order chi connectivity index (χ0) is 25.8. The quantitative estimate of drug-likeness (QED) is 0.442. The molecule has 8 nitrogen and oxygen atoms in total. The Labute approximate surface area is 208 Å². The average Bonchev–Trinajstić information content (AvgIpc) is 2.85. The Hall–Kier alpha value is -2.81. The Balaban J connectivity index is 0.000000350. The van der Waals surface area contributed by atoms with Gasteiger partial charge in [-0.05, 0) is 61.7 Å². The third-order valence-corrected chi connectivity index (χ3v) is 5.44. The zero-order valence-corrected chi connectivity index (χ0v) is 22.2.